The van der Waals surface area contributed by atoms with Crippen molar-refractivity contribution in [2.75, 3.05) is 19.6 Å². The first-order valence-electron chi connectivity index (χ1n) is 11.6. The van der Waals surface area contributed by atoms with Gasteiger partial charge in [-0.05, 0) is 50.4 Å². The second-order valence-corrected chi connectivity index (χ2v) is 8.85. The zero-order chi connectivity index (χ0) is 23.8. The first-order valence-corrected chi connectivity index (χ1v) is 11.6. The van der Waals surface area contributed by atoms with Crippen LogP contribution in [-0.2, 0) is 12.8 Å². The molecule has 0 aliphatic heterocycles. The second-order valence-electron chi connectivity index (χ2n) is 8.85. The Morgan fingerprint density at radius 2 is 1.76 bits per heavy atom. The maximum atomic E-state index is 13.2. The maximum absolute atomic E-state index is 13.2. The smallest absolute Gasteiger partial charge is 0.253 e. The van der Waals surface area contributed by atoms with Gasteiger partial charge >= 0.3 is 0 Å². The lowest BCUT2D eigenvalue weighted by Crippen LogP contribution is -2.37. The van der Waals surface area contributed by atoms with Crippen LogP contribution >= 0.6 is 0 Å². The molecule has 0 aliphatic rings. The molecule has 1 heterocycles. The number of rotatable bonds is 10. The Labute approximate surface area is 196 Å². The second kappa shape index (κ2) is 11.6. The van der Waals surface area contributed by atoms with Gasteiger partial charge in [0.25, 0.3) is 5.91 Å². The zero-order valence-corrected chi connectivity index (χ0v) is 19.8. The zero-order valence-electron chi connectivity index (χ0n) is 19.8. The molecule has 2 aromatic carbocycles. The molecule has 3 aromatic rings. The van der Waals surface area contributed by atoms with E-state index in [-0.39, 0.29) is 17.3 Å². The summed E-state index contributed by atoms with van der Waals surface area (Å²) in [6.07, 6.45) is 1.85. The van der Waals surface area contributed by atoms with Crippen molar-refractivity contribution in [3.05, 3.63) is 105 Å². The molecule has 0 fully saturated rings. The third-order valence-electron chi connectivity index (χ3n) is 5.76. The first-order chi connectivity index (χ1) is 15.9. The van der Waals surface area contributed by atoms with Gasteiger partial charge in [0.05, 0.1) is 0 Å². The molecule has 5 nitrogen and oxygen atoms in total. The van der Waals surface area contributed by atoms with E-state index < -0.39 is 0 Å². The highest BCUT2D eigenvalue weighted by molar-refractivity contribution is 5.94. The Balaban J connectivity index is 1.79. The highest BCUT2D eigenvalue weighted by atomic mass is 16.3. The van der Waals surface area contributed by atoms with Gasteiger partial charge < -0.3 is 15.1 Å². The van der Waals surface area contributed by atoms with Crippen molar-refractivity contribution in [1.82, 2.24) is 4.90 Å². The minimum atomic E-state index is 0.000484. The van der Waals surface area contributed by atoms with E-state index in [1.165, 1.54) is 0 Å². The molecule has 1 unspecified atom stereocenters. The number of amides is 1. The van der Waals surface area contributed by atoms with Crippen molar-refractivity contribution in [3.63, 3.8) is 0 Å². The lowest BCUT2D eigenvalue weighted by atomic mass is 9.97. The van der Waals surface area contributed by atoms with Gasteiger partial charge in [-0.15, -0.1) is 0 Å². The molecule has 0 aliphatic carbocycles. The standard InChI is InChI=1S/C28H34N2O3/c1-20-10-12-24(13-11-20)28(32)30(15-7-14-29)19-21(2)16-27-25(26(31)17-22(3)33-27)18-23-8-5-4-6-9-23/h4-6,8-13,17,21H,7,14-16,18-19,29H2,1-3H3. The fourth-order valence-electron chi connectivity index (χ4n) is 4.04. The molecule has 1 aromatic heterocycles. The molecule has 1 atom stereocenters. The lowest BCUT2D eigenvalue weighted by molar-refractivity contribution is 0.0729. The van der Waals surface area contributed by atoms with Crippen LogP contribution in [0.2, 0.25) is 0 Å². The van der Waals surface area contributed by atoms with Gasteiger partial charge in [-0.1, -0.05) is 55.0 Å². The summed E-state index contributed by atoms with van der Waals surface area (Å²) in [6, 6.07) is 19.1. The third-order valence-corrected chi connectivity index (χ3v) is 5.76. The van der Waals surface area contributed by atoms with Crippen LogP contribution in [-0.4, -0.2) is 30.4 Å². The Morgan fingerprint density at radius 3 is 2.42 bits per heavy atom. The van der Waals surface area contributed by atoms with E-state index in [0.717, 1.165) is 17.5 Å². The third kappa shape index (κ3) is 6.90. The molecule has 0 saturated carbocycles. The van der Waals surface area contributed by atoms with E-state index in [1.54, 1.807) is 13.0 Å². The molecule has 0 saturated heterocycles. The van der Waals surface area contributed by atoms with E-state index in [1.807, 2.05) is 66.4 Å². The minimum absolute atomic E-state index is 0.000484. The normalized spacial score (nSPS) is 11.9. The van der Waals surface area contributed by atoms with E-state index in [2.05, 4.69) is 6.92 Å². The van der Waals surface area contributed by atoms with Crippen molar-refractivity contribution in [2.24, 2.45) is 11.7 Å². The lowest BCUT2D eigenvalue weighted by Gasteiger charge is -2.26. The molecule has 3 rings (SSSR count). The molecule has 0 bridgehead atoms. The summed E-state index contributed by atoms with van der Waals surface area (Å²) in [6.45, 7) is 7.59. The van der Waals surface area contributed by atoms with Crippen LogP contribution in [0.1, 0.15) is 51.9 Å². The van der Waals surface area contributed by atoms with Crippen molar-refractivity contribution in [3.8, 4) is 0 Å². The summed E-state index contributed by atoms with van der Waals surface area (Å²) in [5.41, 5.74) is 9.29. The predicted octanol–water partition coefficient (Wildman–Crippen LogP) is 4.52. The summed E-state index contributed by atoms with van der Waals surface area (Å²) in [5.74, 6) is 1.43. The Hall–Kier alpha value is -3.18. The fourth-order valence-corrected chi connectivity index (χ4v) is 4.04. The van der Waals surface area contributed by atoms with Gasteiger partial charge in [0, 0.05) is 43.1 Å². The number of carbonyl (C=O) groups excluding carboxylic acids is 1. The van der Waals surface area contributed by atoms with Crippen LogP contribution in [0.15, 0.2) is 69.9 Å². The van der Waals surface area contributed by atoms with E-state index in [0.29, 0.717) is 55.1 Å². The van der Waals surface area contributed by atoms with Crippen LogP contribution in [0.25, 0.3) is 0 Å². The van der Waals surface area contributed by atoms with E-state index in [9.17, 15) is 9.59 Å². The largest absolute Gasteiger partial charge is 0.466 e. The van der Waals surface area contributed by atoms with Gasteiger partial charge in [0.15, 0.2) is 5.43 Å². The molecule has 2 N–H and O–H groups in total. The van der Waals surface area contributed by atoms with Crippen LogP contribution < -0.4 is 11.2 Å². The molecular weight excluding hydrogens is 412 g/mol. The quantitative estimate of drug-likeness (QED) is 0.497. The highest BCUT2D eigenvalue weighted by Crippen LogP contribution is 2.19. The van der Waals surface area contributed by atoms with Crippen LogP contribution in [0, 0.1) is 19.8 Å². The first kappa shape index (κ1) is 24.5. The predicted molar refractivity (Wildman–Crippen MR) is 133 cm³/mol. The average molecular weight is 447 g/mol. The van der Waals surface area contributed by atoms with Gasteiger partial charge in [-0.3, -0.25) is 9.59 Å². The topological polar surface area (TPSA) is 76.5 Å². The van der Waals surface area contributed by atoms with Crippen LogP contribution in [0.4, 0.5) is 0 Å². The Bertz CT molecular complexity index is 1100. The summed E-state index contributed by atoms with van der Waals surface area (Å²) in [5, 5.41) is 0. The van der Waals surface area contributed by atoms with Crippen molar-refractivity contribution >= 4 is 5.91 Å². The monoisotopic (exact) mass is 446 g/mol. The molecule has 174 valence electrons. The highest BCUT2D eigenvalue weighted by Gasteiger charge is 2.21. The number of nitrogens with two attached hydrogens (primary N) is 1. The SMILES string of the molecule is Cc1ccc(C(=O)N(CCCN)CC(C)Cc2oc(C)cc(=O)c2Cc2ccccc2)cc1. The minimum Gasteiger partial charge on any atom is -0.466 e. The number of nitrogens with zero attached hydrogens (tertiary/aromatic N) is 1. The van der Waals surface area contributed by atoms with E-state index >= 15 is 0 Å². The Morgan fingerprint density at radius 1 is 1.06 bits per heavy atom. The van der Waals surface area contributed by atoms with Crippen molar-refractivity contribution in [2.45, 2.75) is 40.0 Å². The number of benzene rings is 2. The molecule has 33 heavy (non-hydrogen) atoms. The Kier molecular flexibility index (Phi) is 8.61. The molecule has 0 spiro atoms. The van der Waals surface area contributed by atoms with E-state index in [4.69, 9.17) is 10.2 Å². The average Bonchev–Trinajstić information content (AvgIpc) is 2.79. The molecule has 5 heteroatoms. The van der Waals surface area contributed by atoms with Crippen molar-refractivity contribution < 1.29 is 9.21 Å². The fraction of sp³-hybridized carbons (Fsp3) is 0.357. The van der Waals surface area contributed by atoms with Crippen molar-refractivity contribution in [1.29, 1.82) is 0 Å². The maximum Gasteiger partial charge on any atom is 0.253 e. The summed E-state index contributed by atoms with van der Waals surface area (Å²) in [7, 11) is 0. The summed E-state index contributed by atoms with van der Waals surface area (Å²) < 4.78 is 6.03. The number of hydrogen-bond acceptors (Lipinski definition) is 4. The van der Waals surface area contributed by atoms with Gasteiger partial charge in [0.2, 0.25) is 0 Å². The van der Waals surface area contributed by atoms with Crippen LogP contribution in [0.3, 0.4) is 0 Å². The summed E-state index contributed by atoms with van der Waals surface area (Å²) >= 11 is 0. The molecular formula is C28H34N2O3. The summed E-state index contributed by atoms with van der Waals surface area (Å²) in [4.78, 5) is 27.8. The van der Waals surface area contributed by atoms with Gasteiger partial charge in [-0.2, -0.15) is 0 Å². The number of aryl methyl sites for hydroxylation is 2. The van der Waals surface area contributed by atoms with Gasteiger partial charge in [-0.25, -0.2) is 0 Å². The molecule has 1 amide bonds. The van der Waals surface area contributed by atoms with Crippen LogP contribution in [0.5, 0.6) is 0 Å². The molecule has 0 radical (unpaired) electrons. The van der Waals surface area contributed by atoms with Gasteiger partial charge in [0.1, 0.15) is 11.5 Å². The number of hydrogen-bond donors (Lipinski definition) is 1. The number of carbonyl (C=O) groups is 1.